The summed E-state index contributed by atoms with van der Waals surface area (Å²) in [5.74, 6) is 0.297. The van der Waals surface area contributed by atoms with Gasteiger partial charge in [-0.1, -0.05) is 48.5 Å². The van der Waals surface area contributed by atoms with Crippen LogP contribution in [0.4, 0.5) is 0 Å². The lowest BCUT2D eigenvalue weighted by molar-refractivity contribution is 0.997. The second-order valence-electron chi connectivity index (χ2n) is 5.14. The number of nitrogens with one attached hydrogen (secondary N) is 1. The molecule has 118 valence electrons. The fourth-order valence-electron chi connectivity index (χ4n) is 2.49. The standard InChI is InChI=1S/C18H18N4.ClH/c1-12(21-22-18(19)20-2)14-9-10-17-15(11-14)8-7-13-5-3-4-6-16(13)17;/h3-11H,1-2H3,(H3,19,20,22);1H/b21-12+;. The Kier molecular flexibility index (Phi) is 5.19. The second-order valence-corrected chi connectivity index (χ2v) is 5.14. The molecule has 0 bridgehead atoms. The predicted molar refractivity (Wildman–Crippen MR) is 102 cm³/mol. The first-order valence-corrected chi connectivity index (χ1v) is 7.13. The Balaban J connectivity index is 0.00000192. The van der Waals surface area contributed by atoms with Crippen LogP contribution in [-0.2, 0) is 0 Å². The summed E-state index contributed by atoms with van der Waals surface area (Å²) < 4.78 is 0. The van der Waals surface area contributed by atoms with Gasteiger partial charge in [-0.2, -0.15) is 5.10 Å². The third-order valence-electron chi connectivity index (χ3n) is 3.74. The van der Waals surface area contributed by atoms with Crippen molar-refractivity contribution in [1.82, 2.24) is 5.43 Å². The van der Waals surface area contributed by atoms with E-state index >= 15 is 0 Å². The van der Waals surface area contributed by atoms with Crippen LogP contribution >= 0.6 is 12.4 Å². The maximum Gasteiger partial charge on any atom is 0.209 e. The van der Waals surface area contributed by atoms with E-state index < -0.39 is 0 Å². The van der Waals surface area contributed by atoms with Gasteiger partial charge in [-0.3, -0.25) is 4.99 Å². The number of fused-ring (bicyclic) bond motifs is 3. The molecule has 0 saturated heterocycles. The van der Waals surface area contributed by atoms with E-state index in [-0.39, 0.29) is 12.4 Å². The Hall–Kier alpha value is -2.59. The summed E-state index contributed by atoms with van der Waals surface area (Å²) >= 11 is 0. The van der Waals surface area contributed by atoms with Gasteiger partial charge in [-0.15, -0.1) is 12.4 Å². The molecule has 0 saturated carbocycles. The quantitative estimate of drug-likeness (QED) is 0.326. The maximum atomic E-state index is 5.58. The number of benzene rings is 3. The fraction of sp³-hybridized carbons (Fsp3) is 0.111. The van der Waals surface area contributed by atoms with Crippen molar-refractivity contribution < 1.29 is 0 Å². The number of aliphatic imine (C=N–C) groups is 1. The molecule has 0 spiro atoms. The highest BCUT2D eigenvalue weighted by Gasteiger charge is 2.03. The maximum absolute atomic E-state index is 5.58. The topological polar surface area (TPSA) is 62.8 Å². The lowest BCUT2D eigenvalue weighted by atomic mass is 9.99. The molecule has 0 aliphatic carbocycles. The smallest absolute Gasteiger partial charge is 0.209 e. The minimum Gasteiger partial charge on any atom is -0.369 e. The van der Waals surface area contributed by atoms with E-state index in [0.717, 1.165) is 11.3 Å². The Morgan fingerprint density at radius 3 is 2.43 bits per heavy atom. The van der Waals surface area contributed by atoms with Gasteiger partial charge in [0.25, 0.3) is 0 Å². The highest BCUT2D eigenvalue weighted by atomic mass is 35.5. The minimum absolute atomic E-state index is 0. The third-order valence-corrected chi connectivity index (χ3v) is 3.74. The van der Waals surface area contributed by atoms with E-state index in [4.69, 9.17) is 5.73 Å². The molecule has 3 aromatic carbocycles. The Bertz CT molecular complexity index is 900. The highest BCUT2D eigenvalue weighted by Crippen LogP contribution is 2.26. The molecule has 23 heavy (non-hydrogen) atoms. The summed E-state index contributed by atoms with van der Waals surface area (Å²) in [5.41, 5.74) is 10.2. The van der Waals surface area contributed by atoms with Crippen LogP contribution in [0.25, 0.3) is 21.5 Å². The molecule has 0 atom stereocenters. The SMILES string of the molecule is CN=C(N)N/N=C(\C)c1ccc2c(ccc3ccccc32)c1.Cl. The van der Waals surface area contributed by atoms with E-state index in [2.05, 4.69) is 70.1 Å². The molecule has 0 aliphatic heterocycles. The first-order chi connectivity index (χ1) is 10.7. The van der Waals surface area contributed by atoms with Gasteiger partial charge in [0.15, 0.2) is 0 Å². The van der Waals surface area contributed by atoms with E-state index in [1.807, 2.05) is 6.92 Å². The van der Waals surface area contributed by atoms with Crippen molar-refractivity contribution in [3.63, 3.8) is 0 Å². The van der Waals surface area contributed by atoms with Gasteiger partial charge in [0.05, 0.1) is 5.71 Å². The number of hydrogen-bond donors (Lipinski definition) is 2. The molecule has 0 radical (unpaired) electrons. The van der Waals surface area contributed by atoms with Crippen LogP contribution in [-0.4, -0.2) is 18.7 Å². The van der Waals surface area contributed by atoms with E-state index in [9.17, 15) is 0 Å². The van der Waals surface area contributed by atoms with Crippen molar-refractivity contribution in [2.45, 2.75) is 6.92 Å². The van der Waals surface area contributed by atoms with Crippen LogP contribution in [0, 0.1) is 0 Å². The molecule has 0 aromatic heterocycles. The van der Waals surface area contributed by atoms with Crippen molar-refractivity contribution in [2.24, 2.45) is 15.8 Å². The van der Waals surface area contributed by atoms with Gasteiger partial charge >= 0.3 is 0 Å². The number of rotatable bonds is 2. The number of nitrogens with two attached hydrogens (primary N) is 1. The van der Waals surface area contributed by atoms with Gasteiger partial charge in [-0.05, 0) is 40.1 Å². The average molecular weight is 327 g/mol. The van der Waals surface area contributed by atoms with Gasteiger partial charge in [-0.25, -0.2) is 5.43 Å². The summed E-state index contributed by atoms with van der Waals surface area (Å²) in [6, 6.07) is 19.1. The minimum atomic E-state index is 0. The number of guanidine groups is 1. The molecular weight excluding hydrogens is 308 g/mol. The molecule has 3 N–H and O–H groups in total. The van der Waals surface area contributed by atoms with Gasteiger partial charge in [0.2, 0.25) is 5.96 Å². The van der Waals surface area contributed by atoms with E-state index in [1.165, 1.54) is 21.5 Å². The van der Waals surface area contributed by atoms with Crippen molar-refractivity contribution in [3.05, 3.63) is 60.2 Å². The van der Waals surface area contributed by atoms with Crippen molar-refractivity contribution in [1.29, 1.82) is 0 Å². The predicted octanol–water partition coefficient (Wildman–Crippen LogP) is 3.67. The lowest BCUT2D eigenvalue weighted by Gasteiger charge is -2.07. The Labute approximate surface area is 141 Å². The van der Waals surface area contributed by atoms with E-state index in [0.29, 0.717) is 5.96 Å². The molecule has 0 fully saturated rings. The molecule has 0 heterocycles. The first kappa shape index (κ1) is 16.8. The fourth-order valence-corrected chi connectivity index (χ4v) is 2.49. The molecule has 4 nitrogen and oxygen atoms in total. The molecular formula is C18H19ClN4. The average Bonchev–Trinajstić information content (AvgIpc) is 2.58. The Morgan fingerprint density at radius 1 is 0.957 bits per heavy atom. The zero-order chi connectivity index (χ0) is 15.5. The second kappa shape index (κ2) is 7.11. The number of halogens is 1. The zero-order valence-corrected chi connectivity index (χ0v) is 13.9. The molecule has 3 rings (SSSR count). The van der Waals surface area contributed by atoms with Crippen LogP contribution in [0.3, 0.4) is 0 Å². The largest absolute Gasteiger partial charge is 0.369 e. The number of hydrogen-bond acceptors (Lipinski definition) is 2. The first-order valence-electron chi connectivity index (χ1n) is 7.13. The van der Waals surface area contributed by atoms with Crippen molar-refractivity contribution in [3.8, 4) is 0 Å². The molecule has 0 amide bonds. The lowest BCUT2D eigenvalue weighted by Crippen LogP contribution is -2.27. The van der Waals surface area contributed by atoms with Crippen molar-refractivity contribution >= 4 is 45.6 Å². The number of nitrogens with zero attached hydrogens (tertiary/aromatic N) is 2. The monoisotopic (exact) mass is 326 g/mol. The number of hydrazone groups is 1. The van der Waals surface area contributed by atoms with Crippen LogP contribution in [0.15, 0.2) is 64.7 Å². The summed E-state index contributed by atoms with van der Waals surface area (Å²) in [6.07, 6.45) is 0. The van der Waals surface area contributed by atoms with Crippen LogP contribution < -0.4 is 11.2 Å². The summed E-state index contributed by atoms with van der Waals surface area (Å²) in [6.45, 7) is 1.94. The molecule has 0 unspecified atom stereocenters. The van der Waals surface area contributed by atoms with Gasteiger partial charge in [0.1, 0.15) is 0 Å². The molecule has 0 aliphatic rings. The third kappa shape index (κ3) is 3.43. The van der Waals surface area contributed by atoms with Crippen LogP contribution in [0.5, 0.6) is 0 Å². The van der Waals surface area contributed by atoms with Crippen LogP contribution in [0.2, 0.25) is 0 Å². The summed E-state index contributed by atoms with van der Waals surface area (Å²) in [7, 11) is 1.62. The van der Waals surface area contributed by atoms with Crippen LogP contribution in [0.1, 0.15) is 12.5 Å². The molecule has 5 heteroatoms. The van der Waals surface area contributed by atoms with Gasteiger partial charge in [0, 0.05) is 7.05 Å². The van der Waals surface area contributed by atoms with Gasteiger partial charge < -0.3 is 5.73 Å². The Morgan fingerprint density at radius 2 is 1.65 bits per heavy atom. The molecule has 3 aromatic rings. The highest BCUT2D eigenvalue weighted by molar-refractivity contribution is 6.10. The normalized spacial score (nSPS) is 12.3. The summed E-state index contributed by atoms with van der Waals surface area (Å²) in [4.78, 5) is 3.81. The van der Waals surface area contributed by atoms with E-state index in [1.54, 1.807) is 7.05 Å². The van der Waals surface area contributed by atoms with Crippen molar-refractivity contribution in [2.75, 3.05) is 7.05 Å². The summed E-state index contributed by atoms with van der Waals surface area (Å²) in [5, 5.41) is 9.21. The zero-order valence-electron chi connectivity index (χ0n) is 13.1.